The lowest BCUT2D eigenvalue weighted by molar-refractivity contribution is 0.0601. The van der Waals surface area contributed by atoms with Gasteiger partial charge in [0.2, 0.25) is 0 Å². The first-order valence-electron chi connectivity index (χ1n) is 5.68. The molecule has 0 radical (unpaired) electrons. The maximum atomic E-state index is 11.4. The average molecular weight is 258 g/mol. The molecule has 1 aromatic carbocycles. The first-order chi connectivity index (χ1) is 9.22. The third-order valence-electron chi connectivity index (χ3n) is 2.53. The van der Waals surface area contributed by atoms with Gasteiger partial charge in [0.1, 0.15) is 11.6 Å². The molecule has 0 amide bonds. The summed E-state index contributed by atoms with van der Waals surface area (Å²) in [6.07, 6.45) is 1.62. The fraction of sp³-hybridized carbons (Fsp3) is 0.143. The molecule has 5 nitrogen and oxygen atoms in total. The summed E-state index contributed by atoms with van der Waals surface area (Å²) in [4.78, 5) is 15.6. The van der Waals surface area contributed by atoms with Crippen LogP contribution in [0, 0.1) is 0 Å². The highest BCUT2D eigenvalue weighted by Gasteiger charge is 2.05. The van der Waals surface area contributed by atoms with Crippen molar-refractivity contribution in [3.05, 3.63) is 48.2 Å². The van der Waals surface area contributed by atoms with Crippen LogP contribution in [0.25, 0.3) is 0 Å². The minimum Gasteiger partial charge on any atom is -0.495 e. The number of aromatic nitrogens is 1. The van der Waals surface area contributed by atoms with Crippen molar-refractivity contribution >= 4 is 17.5 Å². The monoisotopic (exact) mass is 258 g/mol. The van der Waals surface area contributed by atoms with Gasteiger partial charge in [0, 0.05) is 5.69 Å². The molecule has 0 aliphatic heterocycles. The Morgan fingerprint density at radius 1 is 1.21 bits per heavy atom. The second-order valence-electron chi connectivity index (χ2n) is 3.78. The number of pyridine rings is 1. The minimum atomic E-state index is -0.369. The summed E-state index contributed by atoms with van der Waals surface area (Å²) in [6, 6.07) is 10.6. The zero-order valence-corrected chi connectivity index (χ0v) is 10.7. The molecule has 0 atom stereocenters. The Bertz CT molecular complexity index is 567. The number of carbonyl (C=O) groups is 1. The van der Waals surface area contributed by atoms with Crippen molar-refractivity contribution in [1.82, 2.24) is 4.98 Å². The fourth-order valence-electron chi connectivity index (χ4n) is 1.56. The molecule has 1 aromatic heterocycles. The summed E-state index contributed by atoms with van der Waals surface area (Å²) in [5.74, 6) is 0.989. The van der Waals surface area contributed by atoms with Crippen LogP contribution in [-0.4, -0.2) is 25.2 Å². The SMILES string of the molecule is COC(=O)c1cccc(Nc2ccc(OC)cn2)c1. The van der Waals surface area contributed by atoms with Gasteiger partial charge in [0.05, 0.1) is 26.0 Å². The van der Waals surface area contributed by atoms with Gasteiger partial charge in [-0.1, -0.05) is 6.07 Å². The van der Waals surface area contributed by atoms with Gasteiger partial charge < -0.3 is 14.8 Å². The number of methoxy groups -OCH3 is 2. The first kappa shape index (κ1) is 12.9. The van der Waals surface area contributed by atoms with Crippen LogP contribution >= 0.6 is 0 Å². The smallest absolute Gasteiger partial charge is 0.337 e. The molecule has 1 N–H and O–H groups in total. The molecule has 0 fully saturated rings. The molecule has 0 bridgehead atoms. The predicted octanol–water partition coefficient (Wildman–Crippen LogP) is 2.62. The van der Waals surface area contributed by atoms with E-state index in [2.05, 4.69) is 15.0 Å². The molecule has 2 aromatic rings. The number of ether oxygens (including phenoxy) is 2. The van der Waals surface area contributed by atoms with Gasteiger partial charge in [0.15, 0.2) is 0 Å². The Hall–Kier alpha value is -2.56. The zero-order valence-electron chi connectivity index (χ0n) is 10.7. The lowest BCUT2D eigenvalue weighted by Gasteiger charge is -2.07. The van der Waals surface area contributed by atoms with Crippen LogP contribution in [0.5, 0.6) is 5.75 Å². The molecule has 0 saturated heterocycles. The van der Waals surface area contributed by atoms with Crippen LogP contribution in [0.15, 0.2) is 42.6 Å². The predicted molar refractivity (Wildman–Crippen MR) is 71.9 cm³/mol. The molecule has 0 aliphatic rings. The summed E-state index contributed by atoms with van der Waals surface area (Å²) in [5.41, 5.74) is 1.25. The Morgan fingerprint density at radius 2 is 2.05 bits per heavy atom. The standard InChI is InChI=1S/C14H14N2O3/c1-18-12-6-7-13(15-9-12)16-11-5-3-4-10(8-11)14(17)19-2/h3-9H,1-2H3,(H,15,16). The van der Waals surface area contributed by atoms with E-state index in [9.17, 15) is 4.79 Å². The van der Waals surface area contributed by atoms with Crippen molar-refractivity contribution in [2.75, 3.05) is 19.5 Å². The van der Waals surface area contributed by atoms with E-state index >= 15 is 0 Å². The largest absolute Gasteiger partial charge is 0.495 e. The molecule has 0 aliphatic carbocycles. The number of rotatable bonds is 4. The summed E-state index contributed by atoms with van der Waals surface area (Å²) >= 11 is 0. The van der Waals surface area contributed by atoms with Crippen LogP contribution in [0.2, 0.25) is 0 Å². The second-order valence-corrected chi connectivity index (χ2v) is 3.78. The van der Waals surface area contributed by atoms with Gasteiger partial charge in [-0.25, -0.2) is 9.78 Å². The molecule has 5 heteroatoms. The van der Waals surface area contributed by atoms with Crippen molar-refractivity contribution in [1.29, 1.82) is 0 Å². The molecule has 0 unspecified atom stereocenters. The van der Waals surface area contributed by atoms with E-state index in [1.807, 2.05) is 6.07 Å². The molecule has 2 rings (SSSR count). The summed E-state index contributed by atoms with van der Waals surface area (Å²) in [7, 11) is 2.94. The molecule has 98 valence electrons. The van der Waals surface area contributed by atoms with E-state index < -0.39 is 0 Å². The van der Waals surface area contributed by atoms with Crippen molar-refractivity contribution in [3.8, 4) is 5.75 Å². The maximum absolute atomic E-state index is 11.4. The summed E-state index contributed by atoms with van der Waals surface area (Å²) in [5, 5.41) is 3.10. The topological polar surface area (TPSA) is 60.5 Å². The van der Waals surface area contributed by atoms with Crippen molar-refractivity contribution in [2.24, 2.45) is 0 Å². The van der Waals surface area contributed by atoms with Crippen LogP contribution in [0.4, 0.5) is 11.5 Å². The van der Waals surface area contributed by atoms with Gasteiger partial charge in [0.25, 0.3) is 0 Å². The van der Waals surface area contributed by atoms with Crippen molar-refractivity contribution < 1.29 is 14.3 Å². The van der Waals surface area contributed by atoms with Crippen LogP contribution in [0.1, 0.15) is 10.4 Å². The Morgan fingerprint density at radius 3 is 2.68 bits per heavy atom. The number of esters is 1. The van der Waals surface area contributed by atoms with Gasteiger partial charge in [-0.2, -0.15) is 0 Å². The van der Waals surface area contributed by atoms with Crippen LogP contribution in [-0.2, 0) is 4.74 Å². The highest BCUT2D eigenvalue weighted by atomic mass is 16.5. The van der Waals surface area contributed by atoms with E-state index in [0.29, 0.717) is 17.1 Å². The number of carbonyl (C=O) groups excluding carboxylic acids is 1. The molecule has 1 heterocycles. The van der Waals surface area contributed by atoms with Crippen LogP contribution < -0.4 is 10.1 Å². The minimum absolute atomic E-state index is 0.369. The maximum Gasteiger partial charge on any atom is 0.337 e. The van der Waals surface area contributed by atoms with Gasteiger partial charge >= 0.3 is 5.97 Å². The zero-order chi connectivity index (χ0) is 13.7. The third-order valence-corrected chi connectivity index (χ3v) is 2.53. The van der Waals surface area contributed by atoms with Gasteiger partial charge in [-0.15, -0.1) is 0 Å². The molecule has 19 heavy (non-hydrogen) atoms. The lowest BCUT2D eigenvalue weighted by Crippen LogP contribution is -2.02. The van der Waals surface area contributed by atoms with E-state index in [-0.39, 0.29) is 5.97 Å². The summed E-state index contributed by atoms with van der Waals surface area (Å²) in [6.45, 7) is 0. The number of hydrogen-bond donors (Lipinski definition) is 1. The van der Waals surface area contributed by atoms with Gasteiger partial charge in [-0.3, -0.25) is 0 Å². The molecule has 0 saturated carbocycles. The fourth-order valence-corrected chi connectivity index (χ4v) is 1.56. The Balaban J connectivity index is 2.16. The highest BCUT2D eigenvalue weighted by molar-refractivity contribution is 5.90. The Kier molecular flexibility index (Phi) is 3.97. The first-order valence-corrected chi connectivity index (χ1v) is 5.68. The van der Waals surface area contributed by atoms with E-state index in [1.54, 1.807) is 43.6 Å². The highest BCUT2D eigenvalue weighted by Crippen LogP contribution is 2.18. The number of hydrogen-bond acceptors (Lipinski definition) is 5. The van der Waals surface area contributed by atoms with E-state index in [1.165, 1.54) is 7.11 Å². The number of nitrogens with one attached hydrogen (secondary N) is 1. The van der Waals surface area contributed by atoms with Gasteiger partial charge in [-0.05, 0) is 30.3 Å². The summed E-state index contributed by atoms with van der Waals surface area (Å²) < 4.78 is 9.71. The number of anilines is 2. The van der Waals surface area contributed by atoms with E-state index in [4.69, 9.17) is 4.74 Å². The second kappa shape index (κ2) is 5.86. The normalized spacial score (nSPS) is 9.79. The quantitative estimate of drug-likeness (QED) is 0.854. The van der Waals surface area contributed by atoms with Crippen molar-refractivity contribution in [2.45, 2.75) is 0 Å². The van der Waals surface area contributed by atoms with Crippen molar-refractivity contribution in [3.63, 3.8) is 0 Å². The Labute approximate surface area is 111 Å². The van der Waals surface area contributed by atoms with E-state index in [0.717, 1.165) is 5.69 Å². The third kappa shape index (κ3) is 3.22. The number of nitrogens with zero attached hydrogens (tertiary/aromatic N) is 1. The van der Waals surface area contributed by atoms with Crippen LogP contribution in [0.3, 0.4) is 0 Å². The average Bonchev–Trinajstić information content (AvgIpc) is 2.47. The molecular weight excluding hydrogens is 244 g/mol. The lowest BCUT2D eigenvalue weighted by atomic mass is 10.2. The number of benzene rings is 1. The molecule has 0 spiro atoms. The molecular formula is C14H14N2O3.